The van der Waals surface area contributed by atoms with Crippen molar-refractivity contribution in [2.45, 2.75) is 31.2 Å². The van der Waals surface area contributed by atoms with Crippen LogP contribution < -0.4 is 11.0 Å². The van der Waals surface area contributed by atoms with Gasteiger partial charge >= 0.3 is 11.9 Å². The number of fused-ring (bicyclic) bond motifs is 1. The fourth-order valence-corrected chi connectivity index (χ4v) is 3.17. The van der Waals surface area contributed by atoms with Gasteiger partial charge in [0, 0.05) is 5.39 Å². The van der Waals surface area contributed by atoms with Crippen LogP contribution in [0.2, 0.25) is 0 Å². The van der Waals surface area contributed by atoms with Gasteiger partial charge in [0.2, 0.25) is 0 Å². The Balaban J connectivity index is 1.96. The quantitative estimate of drug-likeness (QED) is 0.737. The Morgan fingerprint density at radius 2 is 1.85 bits per heavy atom. The molecule has 2 N–H and O–H groups in total. The lowest BCUT2D eigenvalue weighted by molar-refractivity contribution is -0.137. The normalized spacial score (nSPS) is 19.7. The van der Waals surface area contributed by atoms with Crippen molar-refractivity contribution in [3.63, 3.8) is 0 Å². The highest BCUT2D eigenvalue weighted by Gasteiger charge is 2.32. The summed E-state index contributed by atoms with van der Waals surface area (Å²) in [5.41, 5.74) is -1.01. The lowest BCUT2D eigenvalue weighted by Crippen LogP contribution is -2.43. The number of alkyl halides is 3. The number of halogens is 3. The first-order valence-electron chi connectivity index (χ1n) is 8.48. The highest BCUT2D eigenvalue weighted by atomic mass is 19.4. The van der Waals surface area contributed by atoms with Crippen LogP contribution in [0, 0.1) is 0 Å². The van der Waals surface area contributed by atoms with E-state index in [0.29, 0.717) is 23.9 Å². The molecule has 2 aromatic carbocycles. The second-order valence-corrected chi connectivity index (χ2v) is 6.54. The van der Waals surface area contributed by atoms with E-state index in [9.17, 15) is 23.1 Å². The van der Waals surface area contributed by atoms with E-state index >= 15 is 0 Å². The van der Waals surface area contributed by atoms with Gasteiger partial charge in [-0.25, -0.2) is 4.79 Å². The van der Waals surface area contributed by atoms with E-state index in [2.05, 4.69) is 10.3 Å². The summed E-state index contributed by atoms with van der Waals surface area (Å²) < 4.78 is 40.8. The third-order valence-electron chi connectivity index (χ3n) is 4.79. The van der Waals surface area contributed by atoms with E-state index in [1.165, 1.54) is 6.07 Å². The number of rotatable bonds is 3. The molecule has 0 bridgehead atoms. The van der Waals surface area contributed by atoms with E-state index in [1.54, 1.807) is 30.3 Å². The minimum atomic E-state index is -4.53. The molecule has 1 aliphatic rings. The van der Waals surface area contributed by atoms with Crippen LogP contribution in [0.15, 0.2) is 53.3 Å². The van der Waals surface area contributed by atoms with Crippen molar-refractivity contribution in [3.8, 4) is 5.69 Å². The minimum absolute atomic E-state index is 0.104. The van der Waals surface area contributed by atoms with E-state index in [4.69, 9.17) is 0 Å². The predicted molar refractivity (Wildman–Crippen MR) is 95.0 cm³/mol. The van der Waals surface area contributed by atoms with Crippen molar-refractivity contribution in [1.82, 2.24) is 9.55 Å². The van der Waals surface area contributed by atoms with Crippen molar-refractivity contribution in [2.24, 2.45) is 0 Å². The smallest absolute Gasteiger partial charge is 0.391 e. The molecular formula is C19H16F3N3O2. The monoisotopic (exact) mass is 375 g/mol. The highest BCUT2D eigenvalue weighted by molar-refractivity contribution is 5.91. The topological polar surface area (TPSA) is 67.2 Å². The van der Waals surface area contributed by atoms with Crippen molar-refractivity contribution >= 4 is 16.7 Å². The molecule has 1 saturated carbocycles. The zero-order valence-electron chi connectivity index (χ0n) is 14.1. The molecule has 4 rings (SSSR count). The first-order chi connectivity index (χ1) is 12.8. The van der Waals surface area contributed by atoms with Gasteiger partial charge in [-0.15, -0.1) is 0 Å². The van der Waals surface area contributed by atoms with Crippen LogP contribution >= 0.6 is 0 Å². The molecule has 0 spiro atoms. The molecule has 2 atom stereocenters. The molecule has 5 nitrogen and oxygen atoms in total. The Labute approximate surface area is 152 Å². The van der Waals surface area contributed by atoms with Crippen molar-refractivity contribution < 1.29 is 18.3 Å². The summed E-state index contributed by atoms with van der Waals surface area (Å²) in [5.74, 6) is 0.180. The maximum Gasteiger partial charge on any atom is 0.416 e. The first kappa shape index (κ1) is 17.5. The molecular weight excluding hydrogens is 359 g/mol. The molecule has 0 unspecified atom stereocenters. The summed E-state index contributed by atoms with van der Waals surface area (Å²) in [6.07, 6.45) is -3.76. The molecule has 0 amide bonds. The van der Waals surface area contributed by atoms with Crippen LogP contribution in [-0.4, -0.2) is 26.8 Å². The summed E-state index contributed by atoms with van der Waals surface area (Å²) in [6, 6.07) is 11.3. The van der Waals surface area contributed by atoms with E-state index < -0.39 is 23.5 Å². The first-order valence-corrected chi connectivity index (χ1v) is 8.48. The van der Waals surface area contributed by atoms with Gasteiger partial charge in [0.05, 0.1) is 28.9 Å². The summed E-state index contributed by atoms with van der Waals surface area (Å²) in [6.45, 7) is 0. The summed E-state index contributed by atoms with van der Waals surface area (Å²) in [7, 11) is 0. The third kappa shape index (κ3) is 3.16. The number of anilines is 1. The Morgan fingerprint density at radius 1 is 1.11 bits per heavy atom. The highest BCUT2D eigenvalue weighted by Crippen LogP contribution is 2.34. The Kier molecular flexibility index (Phi) is 4.15. The van der Waals surface area contributed by atoms with Gasteiger partial charge in [-0.2, -0.15) is 18.2 Å². The molecule has 0 aliphatic heterocycles. The van der Waals surface area contributed by atoms with Crippen LogP contribution in [-0.2, 0) is 6.18 Å². The molecule has 27 heavy (non-hydrogen) atoms. The zero-order valence-corrected chi connectivity index (χ0v) is 14.1. The molecule has 8 heteroatoms. The maximum absolute atomic E-state index is 13.2. The zero-order chi connectivity index (χ0) is 19.2. The van der Waals surface area contributed by atoms with Crippen LogP contribution in [0.25, 0.3) is 16.6 Å². The number of hydrogen-bond donors (Lipinski definition) is 2. The standard InChI is InChI=1S/C19H16F3N3O2/c20-19(21,22)11-6-7-13-15(10-11)25(12-4-2-1-3-5-12)18(27)24-17(13)23-14-8-9-16(14)26/h1-7,10,14,16,26H,8-9H2,(H,23,24,27)/t14-,16-/m1/s1. The SMILES string of the molecule is O=c1nc(N[C@@H]2CC[C@H]2O)c2ccc(C(F)(F)F)cc2n1-c1ccccc1. The van der Waals surface area contributed by atoms with Gasteiger partial charge in [0.15, 0.2) is 0 Å². The van der Waals surface area contributed by atoms with Gasteiger partial charge in [0.1, 0.15) is 5.82 Å². The number of hydrogen-bond acceptors (Lipinski definition) is 4. The molecule has 140 valence electrons. The lowest BCUT2D eigenvalue weighted by Gasteiger charge is -2.33. The second kappa shape index (κ2) is 6.38. The fraction of sp³-hybridized carbons (Fsp3) is 0.263. The number of aromatic nitrogens is 2. The number of benzene rings is 2. The van der Waals surface area contributed by atoms with Crippen molar-refractivity contribution in [3.05, 3.63) is 64.6 Å². The van der Waals surface area contributed by atoms with Crippen LogP contribution in [0.3, 0.4) is 0 Å². The van der Waals surface area contributed by atoms with E-state index in [0.717, 1.165) is 16.7 Å². The molecule has 1 aromatic heterocycles. The molecule has 0 radical (unpaired) electrons. The molecule has 1 heterocycles. The van der Waals surface area contributed by atoms with Crippen LogP contribution in [0.4, 0.5) is 19.0 Å². The third-order valence-corrected chi connectivity index (χ3v) is 4.79. The van der Waals surface area contributed by atoms with Crippen LogP contribution in [0.5, 0.6) is 0 Å². The summed E-state index contributed by atoms with van der Waals surface area (Å²) in [5, 5.41) is 13.1. The molecule has 1 aliphatic carbocycles. The lowest BCUT2D eigenvalue weighted by atomic mass is 9.89. The van der Waals surface area contributed by atoms with Crippen LogP contribution in [0.1, 0.15) is 18.4 Å². The average Bonchev–Trinajstić information content (AvgIpc) is 2.64. The van der Waals surface area contributed by atoms with E-state index in [-0.39, 0.29) is 17.4 Å². The van der Waals surface area contributed by atoms with E-state index in [1.807, 2.05) is 0 Å². The Bertz CT molecular complexity index is 1050. The van der Waals surface area contributed by atoms with Gasteiger partial charge in [-0.1, -0.05) is 18.2 Å². The molecule has 1 fully saturated rings. The average molecular weight is 375 g/mol. The summed E-state index contributed by atoms with van der Waals surface area (Å²) in [4.78, 5) is 16.7. The van der Waals surface area contributed by atoms with Gasteiger partial charge in [0.25, 0.3) is 0 Å². The Morgan fingerprint density at radius 3 is 2.44 bits per heavy atom. The molecule has 3 aromatic rings. The van der Waals surface area contributed by atoms with Crippen molar-refractivity contribution in [1.29, 1.82) is 0 Å². The minimum Gasteiger partial charge on any atom is -0.391 e. The number of aliphatic hydroxyl groups is 1. The number of para-hydroxylation sites is 1. The van der Waals surface area contributed by atoms with Gasteiger partial charge in [-0.05, 0) is 43.2 Å². The predicted octanol–water partition coefficient (Wildman–Crippen LogP) is 3.34. The number of nitrogens with one attached hydrogen (secondary N) is 1. The number of aliphatic hydroxyl groups excluding tert-OH is 1. The fourth-order valence-electron chi connectivity index (χ4n) is 3.17. The largest absolute Gasteiger partial charge is 0.416 e. The number of nitrogens with zero attached hydrogens (tertiary/aromatic N) is 2. The van der Waals surface area contributed by atoms with Gasteiger partial charge < -0.3 is 10.4 Å². The van der Waals surface area contributed by atoms with Gasteiger partial charge in [-0.3, -0.25) is 4.57 Å². The summed E-state index contributed by atoms with van der Waals surface area (Å²) >= 11 is 0. The molecule has 0 saturated heterocycles. The second-order valence-electron chi connectivity index (χ2n) is 6.54. The Hall–Kier alpha value is -2.87. The van der Waals surface area contributed by atoms with Crippen molar-refractivity contribution in [2.75, 3.05) is 5.32 Å². The maximum atomic E-state index is 13.2.